The van der Waals surface area contributed by atoms with Crippen molar-refractivity contribution in [3.8, 4) is 0 Å². The quantitative estimate of drug-likeness (QED) is 0.653. The number of nitrogens with two attached hydrogens (primary N) is 1. The van der Waals surface area contributed by atoms with Gasteiger partial charge in [0.25, 0.3) is 0 Å². The molecule has 0 saturated carbocycles. The Balaban J connectivity index is 2.21. The summed E-state index contributed by atoms with van der Waals surface area (Å²) in [5, 5.41) is 0. The maximum atomic E-state index is 13.2. The number of halogens is 2. The molecule has 0 bridgehead atoms. The number of furan rings is 1. The number of rotatable bonds is 5. The van der Waals surface area contributed by atoms with Gasteiger partial charge in [-0.05, 0) is 46.1 Å². The third-order valence-corrected chi connectivity index (χ3v) is 3.71. The maximum absolute atomic E-state index is 13.2. The highest BCUT2D eigenvalue weighted by atomic mass is 79.9. The number of hydrogen-bond acceptors (Lipinski definition) is 3. The van der Waals surface area contributed by atoms with E-state index in [2.05, 4.69) is 21.4 Å². The lowest BCUT2D eigenvalue weighted by molar-refractivity contribution is 0.487. The van der Waals surface area contributed by atoms with Crippen molar-refractivity contribution in [3.05, 3.63) is 57.7 Å². The van der Waals surface area contributed by atoms with E-state index in [1.165, 1.54) is 6.07 Å². The van der Waals surface area contributed by atoms with Gasteiger partial charge in [-0.15, -0.1) is 0 Å². The SMILES string of the molecule is CCc1occc1C(Cc1ccc(F)c(Br)c1)NN. The fourth-order valence-corrected chi connectivity index (χ4v) is 2.54. The zero-order valence-corrected chi connectivity index (χ0v) is 12.2. The first-order valence-corrected chi connectivity index (χ1v) is 6.91. The van der Waals surface area contributed by atoms with Crippen molar-refractivity contribution >= 4 is 15.9 Å². The molecule has 102 valence electrons. The minimum atomic E-state index is -0.265. The predicted octanol–water partition coefficient (Wildman–Crippen LogP) is 3.49. The van der Waals surface area contributed by atoms with Crippen LogP contribution < -0.4 is 11.3 Å². The number of aryl methyl sites for hydroxylation is 1. The summed E-state index contributed by atoms with van der Waals surface area (Å²) in [4.78, 5) is 0. The smallest absolute Gasteiger partial charge is 0.137 e. The fraction of sp³-hybridized carbons (Fsp3) is 0.286. The highest BCUT2D eigenvalue weighted by molar-refractivity contribution is 9.10. The Morgan fingerprint density at radius 3 is 2.84 bits per heavy atom. The van der Waals surface area contributed by atoms with Gasteiger partial charge in [0.15, 0.2) is 0 Å². The molecule has 1 unspecified atom stereocenters. The van der Waals surface area contributed by atoms with Crippen LogP contribution in [0.1, 0.15) is 29.9 Å². The first-order valence-electron chi connectivity index (χ1n) is 6.12. The second kappa shape index (κ2) is 6.32. The Bertz CT molecular complexity index is 556. The zero-order valence-electron chi connectivity index (χ0n) is 10.6. The van der Waals surface area contributed by atoms with Crippen LogP contribution in [-0.2, 0) is 12.8 Å². The van der Waals surface area contributed by atoms with Crippen molar-refractivity contribution in [2.75, 3.05) is 0 Å². The lowest BCUT2D eigenvalue weighted by Gasteiger charge is -2.16. The molecule has 1 atom stereocenters. The standard InChI is InChI=1S/C14H16BrFN2O/c1-2-14-10(5-6-19-14)13(18-17)8-9-3-4-12(16)11(15)7-9/h3-7,13,18H,2,8,17H2,1H3. The molecule has 0 spiro atoms. The van der Waals surface area contributed by atoms with E-state index in [1.807, 2.05) is 13.0 Å². The molecule has 1 aromatic carbocycles. The van der Waals surface area contributed by atoms with Gasteiger partial charge >= 0.3 is 0 Å². The summed E-state index contributed by atoms with van der Waals surface area (Å²) in [6.45, 7) is 2.03. The number of benzene rings is 1. The van der Waals surface area contributed by atoms with Crippen LogP contribution in [0, 0.1) is 5.82 Å². The molecule has 5 heteroatoms. The molecule has 3 nitrogen and oxygen atoms in total. The molecule has 1 aromatic heterocycles. The van der Waals surface area contributed by atoms with E-state index >= 15 is 0 Å². The highest BCUT2D eigenvalue weighted by Crippen LogP contribution is 2.25. The summed E-state index contributed by atoms with van der Waals surface area (Å²) in [6, 6.07) is 6.85. The Morgan fingerprint density at radius 2 is 2.21 bits per heavy atom. The maximum Gasteiger partial charge on any atom is 0.137 e. The fourth-order valence-electron chi connectivity index (χ4n) is 2.11. The third-order valence-electron chi connectivity index (χ3n) is 3.10. The normalized spacial score (nSPS) is 12.6. The second-order valence-electron chi connectivity index (χ2n) is 4.32. The Morgan fingerprint density at radius 1 is 1.42 bits per heavy atom. The van der Waals surface area contributed by atoms with Crippen LogP contribution in [0.15, 0.2) is 39.4 Å². The molecule has 0 aliphatic carbocycles. The molecular formula is C14H16BrFN2O. The average Bonchev–Trinajstić information content (AvgIpc) is 2.88. The molecular weight excluding hydrogens is 311 g/mol. The zero-order chi connectivity index (χ0) is 13.8. The van der Waals surface area contributed by atoms with Gasteiger partial charge in [-0.3, -0.25) is 11.3 Å². The molecule has 0 fully saturated rings. The van der Waals surface area contributed by atoms with Gasteiger partial charge in [-0.1, -0.05) is 13.0 Å². The Labute approximate surface area is 120 Å². The van der Waals surface area contributed by atoms with Crippen LogP contribution in [0.3, 0.4) is 0 Å². The molecule has 2 rings (SSSR count). The molecule has 2 aromatic rings. The third kappa shape index (κ3) is 3.23. The van der Waals surface area contributed by atoms with Crippen molar-refractivity contribution in [2.24, 2.45) is 5.84 Å². The first-order chi connectivity index (χ1) is 9.15. The summed E-state index contributed by atoms with van der Waals surface area (Å²) in [7, 11) is 0. The van der Waals surface area contributed by atoms with Gasteiger partial charge in [0.05, 0.1) is 16.8 Å². The van der Waals surface area contributed by atoms with Crippen molar-refractivity contribution in [2.45, 2.75) is 25.8 Å². The van der Waals surface area contributed by atoms with Crippen molar-refractivity contribution in [3.63, 3.8) is 0 Å². The second-order valence-corrected chi connectivity index (χ2v) is 5.18. The minimum Gasteiger partial charge on any atom is -0.469 e. The Kier molecular flexibility index (Phi) is 4.74. The molecule has 0 aliphatic rings. The van der Waals surface area contributed by atoms with Crippen LogP contribution in [0.25, 0.3) is 0 Å². The van der Waals surface area contributed by atoms with Crippen molar-refractivity contribution < 1.29 is 8.81 Å². The van der Waals surface area contributed by atoms with Crippen LogP contribution in [0.4, 0.5) is 4.39 Å². The van der Waals surface area contributed by atoms with Gasteiger partial charge in [0.2, 0.25) is 0 Å². The van der Waals surface area contributed by atoms with Gasteiger partial charge in [-0.25, -0.2) is 4.39 Å². The Hall–Kier alpha value is -1.17. The monoisotopic (exact) mass is 326 g/mol. The lowest BCUT2D eigenvalue weighted by atomic mass is 9.99. The molecule has 0 radical (unpaired) electrons. The van der Waals surface area contributed by atoms with Crippen LogP contribution >= 0.6 is 15.9 Å². The topological polar surface area (TPSA) is 51.2 Å². The van der Waals surface area contributed by atoms with Gasteiger partial charge in [-0.2, -0.15) is 0 Å². The van der Waals surface area contributed by atoms with E-state index in [1.54, 1.807) is 18.4 Å². The summed E-state index contributed by atoms with van der Waals surface area (Å²) in [6.07, 6.45) is 3.15. The molecule has 0 saturated heterocycles. The first kappa shape index (κ1) is 14.2. The van der Waals surface area contributed by atoms with E-state index in [9.17, 15) is 4.39 Å². The molecule has 1 heterocycles. The summed E-state index contributed by atoms with van der Waals surface area (Å²) >= 11 is 3.19. The van der Waals surface area contributed by atoms with Crippen molar-refractivity contribution in [1.82, 2.24) is 5.43 Å². The number of hydrazine groups is 1. The molecule has 0 aliphatic heterocycles. The summed E-state index contributed by atoms with van der Waals surface area (Å²) < 4.78 is 19.1. The van der Waals surface area contributed by atoms with Crippen LogP contribution in [0.2, 0.25) is 0 Å². The van der Waals surface area contributed by atoms with Crippen LogP contribution in [-0.4, -0.2) is 0 Å². The van der Waals surface area contributed by atoms with Gasteiger partial charge in [0, 0.05) is 12.0 Å². The van der Waals surface area contributed by atoms with E-state index in [-0.39, 0.29) is 11.9 Å². The molecule has 3 N–H and O–H groups in total. The van der Waals surface area contributed by atoms with E-state index < -0.39 is 0 Å². The average molecular weight is 327 g/mol. The summed E-state index contributed by atoms with van der Waals surface area (Å²) in [5.41, 5.74) is 4.84. The summed E-state index contributed by atoms with van der Waals surface area (Å²) in [5.74, 6) is 6.28. The van der Waals surface area contributed by atoms with Crippen molar-refractivity contribution in [1.29, 1.82) is 0 Å². The van der Waals surface area contributed by atoms with E-state index in [0.717, 1.165) is 23.3 Å². The van der Waals surface area contributed by atoms with Crippen LogP contribution in [0.5, 0.6) is 0 Å². The molecule has 19 heavy (non-hydrogen) atoms. The highest BCUT2D eigenvalue weighted by Gasteiger charge is 2.16. The van der Waals surface area contributed by atoms with E-state index in [4.69, 9.17) is 10.3 Å². The van der Waals surface area contributed by atoms with E-state index in [0.29, 0.717) is 10.9 Å². The minimum absolute atomic E-state index is 0.0499. The largest absolute Gasteiger partial charge is 0.469 e. The van der Waals surface area contributed by atoms with Gasteiger partial charge in [0.1, 0.15) is 11.6 Å². The predicted molar refractivity (Wildman–Crippen MR) is 76.0 cm³/mol. The number of hydrogen-bond donors (Lipinski definition) is 2. The lowest BCUT2D eigenvalue weighted by Crippen LogP contribution is -2.29. The van der Waals surface area contributed by atoms with Gasteiger partial charge < -0.3 is 4.42 Å². The molecule has 0 amide bonds. The number of nitrogens with one attached hydrogen (secondary N) is 1.